The average Bonchev–Trinajstić information content (AvgIpc) is 3.44. The van der Waals surface area contributed by atoms with Gasteiger partial charge in [-0.3, -0.25) is 23.8 Å². The Morgan fingerprint density at radius 3 is 2.24 bits per heavy atom. The monoisotopic (exact) mass is 915 g/mol. The largest absolute Gasteiger partial charge is 0.460 e. The number of benzene rings is 1. The zero-order chi connectivity index (χ0) is 46.6. The molecule has 2 fully saturated rings. The van der Waals surface area contributed by atoms with Gasteiger partial charge in [0.2, 0.25) is 21.8 Å². The molecule has 5 rings (SSSR count). The quantitative estimate of drug-likeness (QED) is 0.0758. The van der Waals surface area contributed by atoms with Crippen molar-refractivity contribution >= 4 is 50.3 Å². The molecule has 3 aromatic rings. The number of nitrogens with one attached hydrogen (secondary N) is 2. The molecular formula is C46H73N7O8S2. The Kier molecular flexibility index (Phi) is 16.4. The van der Waals surface area contributed by atoms with Crippen LogP contribution >= 0.6 is 11.3 Å². The lowest BCUT2D eigenvalue weighted by Crippen LogP contribution is -2.60. The van der Waals surface area contributed by atoms with Gasteiger partial charge in [-0.2, -0.15) is 4.98 Å². The summed E-state index contributed by atoms with van der Waals surface area (Å²) in [6.45, 7) is 21.6. The highest BCUT2D eigenvalue weighted by Gasteiger charge is 2.46. The summed E-state index contributed by atoms with van der Waals surface area (Å²) < 4.78 is 41.3. The molecule has 15 nitrogen and oxygen atoms in total. The molecule has 1 aliphatic carbocycles. The first-order valence-corrected chi connectivity index (χ1v) is 25.3. The molecule has 2 aromatic heterocycles. The van der Waals surface area contributed by atoms with Gasteiger partial charge in [0.05, 0.1) is 29.0 Å². The molecular weight excluding hydrogens is 843 g/mol. The molecule has 352 valence electrons. The van der Waals surface area contributed by atoms with Crippen molar-refractivity contribution < 1.29 is 37.4 Å². The number of sulfonamides is 1. The number of aromatic nitrogens is 3. The molecule has 0 spiro atoms. The molecule has 2 aliphatic rings. The second-order valence-corrected chi connectivity index (χ2v) is 23.1. The van der Waals surface area contributed by atoms with Crippen molar-refractivity contribution in [2.45, 2.75) is 182 Å². The minimum atomic E-state index is -3.59. The van der Waals surface area contributed by atoms with Crippen molar-refractivity contribution in [2.24, 2.45) is 23.0 Å². The number of rotatable bonds is 21. The van der Waals surface area contributed by atoms with Crippen LogP contribution in [0.5, 0.6) is 6.01 Å². The number of nitrogens with zero attached hydrogens (tertiary/aromatic N) is 4. The first-order chi connectivity index (χ1) is 29.4. The zero-order valence-corrected chi connectivity index (χ0v) is 41.0. The number of hydrogen-bond donors (Lipinski definition) is 4. The Labute approximate surface area is 378 Å². The van der Waals surface area contributed by atoms with Gasteiger partial charge in [0.1, 0.15) is 28.5 Å². The molecule has 1 saturated carbocycles. The lowest BCUT2D eigenvalue weighted by Gasteiger charge is -2.40. The van der Waals surface area contributed by atoms with Crippen molar-refractivity contribution in [3.63, 3.8) is 0 Å². The summed E-state index contributed by atoms with van der Waals surface area (Å²) in [6, 6.07) is 4.77. The van der Waals surface area contributed by atoms with E-state index in [0.29, 0.717) is 18.3 Å². The minimum Gasteiger partial charge on any atom is -0.460 e. The predicted molar refractivity (Wildman–Crippen MR) is 248 cm³/mol. The molecule has 1 aliphatic heterocycles. The number of likely N-dealkylation sites (tertiary alicyclic amines) is 1. The number of imidazole rings is 1. The summed E-state index contributed by atoms with van der Waals surface area (Å²) in [5, 5.41) is 15.5. The molecule has 17 heteroatoms. The number of aliphatic hydroxyl groups excluding tert-OH is 1. The van der Waals surface area contributed by atoms with Crippen molar-refractivity contribution in [1.29, 1.82) is 0 Å². The van der Waals surface area contributed by atoms with Crippen LogP contribution in [0.3, 0.4) is 0 Å². The van der Waals surface area contributed by atoms with Crippen LogP contribution < -0.4 is 20.5 Å². The van der Waals surface area contributed by atoms with E-state index in [4.69, 9.17) is 25.2 Å². The number of para-hydroxylation sites is 1. The minimum absolute atomic E-state index is 0.0206. The normalized spacial score (nSPS) is 20.6. The molecule has 1 aromatic carbocycles. The summed E-state index contributed by atoms with van der Waals surface area (Å²) >= 11 is 1.69. The van der Waals surface area contributed by atoms with Gasteiger partial charge in [-0.25, -0.2) is 18.2 Å². The van der Waals surface area contributed by atoms with Crippen LogP contribution in [0.1, 0.15) is 156 Å². The topological polar surface area (TPSA) is 208 Å². The summed E-state index contributed by atoms with van der Waals surface area (Å²) in [6.07, 6.45) is 5.60. The Morgan fingerprint density at radius 1 is 0.984 bits per heavy atom. The second kappa shape index (κ2) is 20.6. The van der Waals surface area contributed by atoms with E-state index in [1.807, 2.05) is 50.5 Å². The van der Waals surface area contributed by atoms with Crippen LogP contribution in [0.15, 0.2) is 18.2 Å². The van der Waals surface area contributed by atoms with Crippen LogP contribution in [-0.4, -0.2) is 93.2 Å². The van der Waals surface area contributed by atoms with Crippen LogP contribution in [0.4, 0.5) is 4.79 Å². The number of nitrogens with two attached hydrogens (primary N) is 1. The first kappa shape index (κ1) is 50.2. The third-order valence-electron chi connectivity index (χ3n) is 12.0. The second-order valence-electron chi connectivity index (χ2n) is 20.2. The van der Waals surface area contributed by atoms with Crippen molar-refractivity contribution in [3.05, 3.63) is 28.8 Å². The van der Waals surface area contributed by atoms with Crippen molar-refractivity contribution in [2.75, 3.05) is 12.3 Å². The van der Waals surface area contributed by atoms with Gasteiger partial charge in [-0.15, -0.1) is 11.3 Å². The molecule has 3 amide bonds. The number of unbranched alkanes of at least 4 members (excludes halogenated alkanes) is 5. The Hall–Kier alpha value is -3.80. The van der Waals surface area contributed by atoms with Gasteiger partial charge >= 0.3 is 6.09 Å². The Morgan fingerprint density at radius 2 is 1.65 bits per heavy atom. The number of amides is 3. The van der Waals surface area contributed by atoms with Crippen LogP contribution in [0.2, 0.25) is 0 Å². The number of ether oxygens (including phenoxy) is 2. The van der Waals surface area contributed by atoms with E-state index >= 15 is 0 Å². The maximum atomic E-state index is 12.9. The van der Waals surface area contributed by atoms with Gasteiger partial charge in [0.25, 0.3) is 6.01 Å². The maximum Gasteiger partial charge on any atom is 0.408 e. The molecule has 3 heterocycles. The maximum absolute atomic E-state index is 12.9. The highest BCUT2D eigenvalue weighted by molar-refractivity contribution is 7.90. The predicted octanol–water partition coefficient (Wildman–Crippen LogP) is 7.80. The average molecular weight is 916 g/mol. The lowest BCUT2D eigenvalue weighted by molar-refractivity contribution is -0.129. The van der Waals surface area contributed by atoms with Gasteiger partial charge in [-0.05, 0) is 89.7 Å². The van der Waals surface area contributed by atoms with Crippen molar-refractivity contribution in [3.8, 4) is 16.6 Å². The van der Waals surface area contributed by atoms with Crippen LogP contribution in [-0.2, 0) is 30.8 Å². The van der Waals surface area contributed by atoms with E-state index in [-0.39, 0.29) is 42.5 Å². The molecule has 1 unspecified atom stereocenters. The Balaban J connectivity index is 1.25. The van der Waals surface area contributed by atoms with Gasteiger partial charge in [0.15, 0.2) is 0 Å². The third-order valence-corrected chi connectivity index (χ3v) is 14.5. The molecule has 63 heavy (non-hydrogen) atoms. The lowest BCUT2D eigenvalue weighted by atomic mass is 9.85. The number of aryl methyl sites for hydroxylation is 1. The highest BCUT2D eigenvalue weighted by atomic mass is 32.2. The summed E-state index contributed by atoms with van der Waals surface area (Å²) in [5.74, 6) is -0.573. The van der Waals surface area contributed by atoms with E-state index in [1.54, 1.807) is 37.0 Å². The van der Waals surface area contributed by atoms with Crippen molar-refractivity contribution in [1.82, 2.24) is 29.5 Å². The fourth-order valence-corrected chi connectivity index (χ4v) is 11.0. The van der Waals surface area contributed by atoms with E-state index < -0.39 is 57.5 Å². The number of thiazole rings is 1. The standard InChI is InChI=1S/C46H73N7O8S2/c1-12-29-24-32(29)40(55)51-63(58,59)23-18-16-14-13-15-17-22-35-36(27(2)3)48-41(62-35)31-20-19-21-33-37(31)49-43(53(33)28(4)5)60-30-25-34(39(47)54)52(26-30)42(56)38(45(6,7)8)50-44(57)61-46(9,10)11/h19-21,27-30,32,34,38,42,56H,12-18,22-26H2,1-11H3,(H2,47,54)(H,50,57)(H,51,55)/t29-,30-,32+,34+,38-,42?/m1/s1. The van der Waals surface area contributed by atoms with E-state index in [9.17, 15) is 27.9 Å². The SMILES string of the molecule is CC[C@@H]1C[C@@H]1C(=O)NS(=O)(=O)CCCCCCCCc1sc(-c2cccc3c2nc(O[C@@H]2C[C@@H](C(N)=O)N(C(O)[C@@H](NC(=O)OC(C)(C)C)C(C)(C)C)C2)n3C(C)C)nc1C(C)C. The van der Waals surface area contributed by atoms with Gasteiger partial charge in [-0.1, -0.05) is 79.7 Å². The highest BCUT2D eigenvalue weighted by Crippen LogP contribution is 2.42. The number of hydrogen-bond acceptors (Lipinski definition) is 12. The zero-order valence-electron chi connectivity index (χ0n) is 39.3. The number of alkyl carbamates (subject to hydrolysis) is 1. The van der Waals surface area contributed by atoms with E-state index in [2.05, 4.69) is 37.7 Å². The van der Waals surface area contributed by atoms with Gasteiger partial charge in [0, 0.05) is 35.4 Å². The van der Waals surface area contributed by atoms with Crippen LogP contribution in [0, 0.1) is 17.3 Å². The third kappa shape index (κ3) is 13.2. The summed E-state index contributed by atoms with van der Waals surface area (Å²) in [7, 11) is -3.59. The molecule has 5 N–H and O–H groups in total. The summed E-state index contributed by atoms with van der Waals surface area (Å²) in [4.78, 5) is 51.1. The number of carbonyl (C=O) groups excluding carboxylic acids is 3. The Bertz CT molecular complexity index is 2170. The molecule has 0 bridgehead atoms. The molecule has 1 saturated heterocycles. The fraction of sp³-hybridized carbons (Fsp3) is 0.717. The number of carbonyl (C=O) groups is 3. The van der Waals surface area contributed by atoms with E-state index in [1.165, 1.54) is 4.88 Å². The van der Waals surface area contributed by atoms with Gasteiger partial charge < -0.3 is 25.6 Å². The molecule has 6 atom stereocenters. The fourth-order valence-electron chi connectivity index (χ4n) is 8.54. The number of fused-ring (bicyclic) bond motifs is 1. The smallest absolute Gasteiger partial charge is 0.408 e. The first-order valence-electron chi connectivity index (χ1n) is 22.8. The molecule has 0 radical (unpaired) electrons. The van der Waals surface area contributed by atoms with Crippen LogP contribution in [0.25, 0.3) is 21.6 Å². The number of primary amides is 1. The summed E-state index contributed by atoms with van der Waals surface area (Å²) in [5.41, 5.74) is 8.19. The number of aliphatic hydroxyl groups is 1. The van der Waals surface area contributed by atoms with E-state index in [0.717, 1.165) is 78.7 Å².